The minimum absolute atomic E-state index is 0.152. The maximum absolute atomic E-state index is 12.4. The summed E-state index contributed by atoms with van der Waals surface area (Å²) in [6.07, 6.45) is 6.32. The van der Waals surface area contributed by atoms with Crippen LogP contribution in [-0.2, 0) is 0 Å². The summed E-state index contributed by atoms with van der Waals surface area (Å²) in [6.45, 7) is 2.09. The molecule has 1 aromatic rings. The van der Waals surface area contributed by atoms with E-state index in [0.29, 0.717) is 5.92 Å². The Bertz CT molecular complexity index is 388. The normalized spacial score (nSPS) is 18.3. The fourth-order valence-electron chi connectivity index (χ4n) is 2.87. The van der Waals surface area contributed by atoms with Gasteiger partial charge in [-0.25, -0.2) is 0 Å². The number of carbonyl (C=O) groups excluding carboxylic acids is 1. The van der Waals surface area contributed by atoms with Gasteiger partial charge in [-0.15, -0.1) is 0 Å². The van der Waals surface area contributed by atoms with Crippen molar-refractivity contribution < 1.29 is 9.53 Å². The van der Waals surface area contributed by atoms with E-state index in [0.717, 1.165) is 11.3 Å². The summed E-state index contributed by atoms with van der Waals surface area (Å²) in [5.74, 6) is 1.81. The van der Waals surface area contributed by atoms with Gasteiger partial charge in [-0.1, -0.05) is 26.2 Å². The Morgan fingerprint density at radius 3 is 2.33 bits per heavy atom. The number of hydrogen-bond donors (Lipinski definition) is 0. The van der Waals surface area contributed by atoms with Gasteiger partial charge in [0.05, 0.1) is 7.11 Å². The Kier molecular flexibility index (Phi) is 4.40. The third-order valence-corrected chi connectivity index (χ3v) is 4.15. The minimum atomic E-state index is 0.152. The first-order valence-electron chi connectivity index (χ1n) is 6.90. The van der Waals surface area contributed by atoms with Crippen molar-refractivity contribution in [1.29, 1.82) is 0 Å². The van der Waals surface area contributed by atoms with Crippen LogP contribution >= 0.6 is 0 Å². The molecule has 0 radical (unpaired) electrons. The number of Topliss-reactive ketones (excluding diaryl/α,β-unsaturated/α-hetero) is 1. The van der Waals surface area contributed by atoms with Crippen LogP contribution in [0.3, 0.4) is 0 Å². The lowest BCUT2D eigenvalue weighted by molar-refractivity contribution is 0.0864. The number of ether oxygens (including phenoxy) is 1. The second-order valence-electron chi connectivity index (χ2n) is 5.28. The molecule has 1 saturated carbocycles. The molecule has 0 spiro atoms. The maximum Gasteiger partial charge on any atom is 0.165 e. The summed E-state index contributed by atoms with van der Waals surface area (Å²) < 4.78 is 5.11. The molecule has 1 aromatic carbocycles. The van der Waals surface area contributed by atoms with Crippen molar-refractivity contribution in [3.63, 3.8) is 0 Å². The van der Waals surface area contributed by atoms with Crippen molar-refractivity contribution in [2.75, 3.05) is 7.11 Å². The first-order valence-corrected chi connectivity index (χ1v) is 6.90. The summed E-state index contributed by atoms with van der Waals surface area (Å²) in [4.78, 5) is 12.4. The highest BCUT2D eigenvalue weighted by atomic mass is 16.5. The molecule has 0 amide bonds. The van der Waals surface area contributed by atoms with E-state index < -0.39 is 0 Å². The second-order valence-corrected chi connectivity index (χ2v) is 5.28. The quantitative estimate of drug-likeness (QED) is 0.748. The van der Waals surface area contributed by atoms with Crippen LogP contribution in [0.2, 0.25) is 0 Å². The lowest BCUT2D eigenvalue weighted by atomic mass is 9.78. The molecule has 2 heteroatoms. The zero-order chi connectivity index (χ0) is 13.0. The Morgan fingerprint density at radius 2 is 1.78 bits per heavy atom. The van der Waals surface area contributed by atoms with Gasteiger partial charge < -0.3 is 4.74 Å². The zero-order valence-electron chi connectivity index (χ0n) is 11.3. The van der Waals surface area contributed by atoms with E-state index in [1.807, 2.05) is 24.3 Å². The fraction of sp³-hybridized carbons (Fsp3) is 0.562. The van der Waals surface area contributed by atoms with Crippen molar-refractivity contribution in [1.82, 2.24) is 0 Å². The van der Waals surface area contributed by atoms with E-state index in [4.69, 9.17) is 4.74 Å². The Morgan fingerprint density at radius 1 is 1.17 bits per heavy atom. The topological polar surface area (TPSA) is 26.3 Å². The Hall–Kier alpha value is -1.31. The fourth-order valence-corrected chi connectivity index (χ4v) is 2.87. The molecule has 98 valence electrons. The second kappa shape index (κ2) is 6.03. The highest BCUT2D eigenvalue weighted by Gasteiger charge is 2.26. The van der Waals surface area contributed by atoms with Gasteiger partial charge in [-0.3, -0.25) is 4.79 Å². The van der Waals surface area contributed by atoms with E-state index in [1.165, 1.54) is 32.1 Å². The number of benzene rings is 1. The number of rotatable bonds is 4. The van der Waals surface area contributed by atoms with E-state index >= 15 is 0 Å². The molecule has 2 rings (SSSR count). The molecule has 1 aliphatic carbocycles. The van der Waals surface area contributed by atoms with Crippen molar-refractivity contribution in [2.24, 2.45) is 11.8 Å². The molecular formula is C16H22O2. The van der Waals surface area contributed by atoms with Crippen LogP contribution < -0.4 is 4.74 Å². The molecular weight excluding hydrogens is 224 g/mol. The van der Waals surface area contributed by atoms with Crippen molar-refractivity contribution >= 4 is 5.78 Å². The van der Waals surface area contributed by atoms with Crippen molar-refractivity contribution in [2.45, 2.75) is 39.0 Å². The molecule has 0 bridgehead atoms. The molecule has 0 heterocycles. The minimum Gasteiger partial charge on any atom is -0.497 e. The number of methoxy groups -OCH3 is 1. The molecule has 0 aromatic heterocycles. The molecule has 0 N–H and O–H groups in total. The van der Waals surface area contributed by atoms with Crippen LogP contribution in [0, 0.1) is 11.8 Å². The van der Waals surface area contributed by atoms with Crippen LogP contribution in [-0.4, -0.2) is 12.9 Å². The average Bonchev–Trinajstić information content (AvgIpc) is 2.47. The summed E-state index contributed by atoms with van der Waals surface area (Å²) in [5.41, 5.74) is 0.814. The largest absolute Gasteiger partial charge is 0.497 e. The van der Waals surface area contributed by atoms with Gasteiger partial charge in [0.15, 0.2) is 5.78 Å². The molecule has 2 nitrogen and oxygen atoms in total. The highest BCUT2D eigenvalue weighted by Crippen LogP contribution is 2.31. The molecule has 1 fully saturated rings. The van der Waals surface area contributed by atoms with Crippen LogP contribution in [0.4, 0.5) is 0 Å². The summed E-state index contributed by atoms with van der Waals surface area (Å²) in [5, 5.41) is 0. The van der Waals surface area contributed by atoms with Crippen LogP contribution in [0.5, 0.6) is 5.75 Å². The predicted octanol–water partition coefficient (Wildman–Crippen LogP) is 4.09. The Balaban J connectivity index is 2.04. The lowest BCUT2D eigenvalue weighted by Crippen LogP contribution is -2.23. The van der Waals surface area contributed by atoms with E-state index in [9.17, 15) is 4.79 Å². The predicted molar refractivity (Wildman–Crippen MR) is 73.1 cm³/mol. The molecule has 1 unspecified atom stereocenters. The van der Waals surface area contributed by atoms with Gasteiger partial charge in [0.25, 0.3) is 0 Å². The molecule has 18 heavy (non-hydrogen) atoms. The standard InChI is InChI=1S/C16H22O2/c1-12(13-6-4-3-5-7-13)16(17)14-8-10-15(18-2)11-9-14/h8-13H,3-7H2,1-2H3. The summed E-state index contributed by atoms with van der Waals surface area (Å²) in [6, 6.07) is 7.47. The smallest absolute Gasteiger partial charge is 0.165 e. The number of ketones is 1. The van der Waals surface area contributed by atoms with Gasteiger partial charge in [0.2, 0.25) is 0 Å². The number of carbonyl (C=O) groups is 1. The third kappa shape index (κ3) is 2.92. The van der Waals surface area contributed by atoms with E-state index in [-0.39, 0.29) is 11.7 Å². The maximum atomic E-state index is 12.4. The third-order valence-electron chi connectivity index (χ3n) is 4.15. The van der Waals surface area contributed by atoms with Gasteiger partial charge in [0, 0.05) is 11.5 Å². The molecule has 1 aliphatic rings. The van der Waals surface area contributed by atoms with Crippen molar-refractivity contribution in [3.05, 3.63) is 29.8 Å². The zero-order valence-corrected chi connectivity index (χ0v) is 11.3. The monoisotopic (exact) mass is 246 g/mol. The first-order chi connectivity index (χ1) is 8.72. The van der Waals surface area contributed by atoms with Gasteiger partial charge in [-0.05, 0) is 43.0 Å². The average molecular weight is 246 g/mol. The van der Waals surface area contributed by atoms with Gasteiger partial charge in [0.1, 0.15) is 5.75 Å². The van der Waals surface area contributed by atoms with Crippen molar-refractivity contribution in [3.8, 4) is 5.75 Å². The number of hydrogen-bond acceptors (Lipinski definition) is 2. The lowest BCUT2D eigenvalue weighted by Gasteiger charge is -2.26. The highest BCUT2D eigenvalue weighted by molar-refractivity contribution is 5.97. The van der Waals surface area contributed by atoms with Gasteiger partial charge in [-0.2, -0.15) is 0 Å². The van der Waals surface area contributed by atoms with Crippen LogP contribution in [0.15, 0.2) is 24.3 Å². The molecule has 0 saturated heterocycles. The molecule has 0 aliphatic heterocycles. The van der Waals surface area contributed by atoms with Gasteiger partial charge >= 0.3 is 0 Å². The molecule has 1 atom stereocenters. The first kappa shape index (κ1) is 13.1. The Labute approximate surface area is 109 Å². The van der Waals surface area contributed by atoms with Crippen LogP contribution in [0.1, 0.15) is 49.4 Å². The SMILES string of the molecule is COc1ccc(C(=O)C(C)C2CCCCC2)cc1. The van der Waals surface area contributed by atoms with Crippen LogP contribution in [0.25, 0.3) is 0 Å². The van der Waals surface area contributed by atoms with E-state index in [1.54, 1.807) is 7.11 Å². The summed E-state index contributed by atoms with van der Waals surface area (Å²) in [7, 11) is 1.64. The summed E-state index contributed by atoms with van der Waals surface area (Å²) >= 11 is 0. The van der Waals surface area contributed by atoms with E-state index in [2.05, 4.69) is 6.92 Å².